The number of amides is 1. The molecule has 0 aromatic heterocycles. The second kappa shape index (κ2) is 11.8. The lowest BCUT2D eigenvalue weighted by Crippen LogP contribution is -2.97. The van der Waals surface area contributed by atoms with E-state index in [9.17, 15) is 9.90 Å². The molecule has 0 bridgehead atoms. The van der Waals surface area contributed by atoms with Crippen LogP contribution in [0.15, 0.2) is 0 Å². The third kappa shape index (κ3) is 5.77. The molecule has 3 aliphatic heterocycles. The molecule has 10 atom stereocenters. The second-order valence-electron chi connectivity index (χ2n) is 12.5. The van der Waals surface area contributed by atoms with Gasteiger partial charge in [-0.2, -0.15) is 0 Å². The van der Waals surface area contributed by atoms with Gasteiger partial charge in [0.2, 0.25) is 5.91 Å². The Bertz CT molecular complexity index is 749. The number of quaternary nitrogens is 1. The zero-order valence-corrected chi connectivity index (χ0v) is 23.4. The number of rotatable bonds is 7. The van der Waals surface area contributed by atoms with Crippen molar-refractivity contribution >= 4 is 17.7 Å². The Balaban J connectivity index is 1.16. The van der Waals surface area contributed by atoms with Crippen LogP contribution in [0.25, 0.3) is 0 Å². The Hall–Kier alpha value is -0.420. The van der Waals surface area contributed by atoms with E-state index < -0.39 is 6.10 Å². The van der Waals surface area contributed by atoms with E-state index in [-0.39, 0.29) is 29.1 Å². The number of morpholine rings is 1. The number of thioether (sulfide) groups is 1. The molecule has 0 aromatic rings. The molecule has 6 N–H and O–H groups in total. The van der Waals surface area contributed by atoms with Gasteiger partial charge in [-0.25, -0.2) is 0 Å². The van der Waals surface area contributed by atoms with E-state index in [2.05, 4.69) is 51.8 Å². The fraction of sp³-hybridized carbons (Fsp3) is 0.963. The van der Waals surface area contributed by atoms with Crippen LogP contribution in [0, 0.1) is 29.1 Å². The normalized spacial score (nSPS) is 44.4. The highest BCUT2D eigenvalue weighted by Gasteiger charge is 2.60. The average molecular weight is 525 g/mol. The molecular weight excluding hydrogens is 474 g/mol. The van der Waals surface area contributed by atoms with Gasteiger partial charge >= 0.3 is 0 Å². The van der Waals surface area contributed by atoms with Crippen LogP contribution in [0.2, 0.25) is 0 Å². The van der Waals surface area contributed by atoms with Gasteiger partial charge in [-0.1, -0.05) is 32.5 Å². The van der Waals surface area contributed by atoms with Crippen LogP contribution in [0.5, 0.6) is 0 Å². The highest BCUT2D eigenvalue weighted by Crippen LogP contribution is 2.57. The number of hydrogen-bond acceptors (Lipinski definition) is 7. The Labute approximate surface area is 221 Å². The molecule has 3 heterocycles. The first-order valence-electron chi connectivity index (χ1n) is 14.6. The molecule has 5 fully saturated rings. The molecule has 36 heavy (non-hydrogen) atoms. The van der Waals surface area contributed by atoms with Crippen molar-refractivity contribution < 1.29 is 20.0 Å². The lowest BCUT2D eigenvalue weighted by Gasteiger charge is -2.55. The Morgan fingerprint density at radius 2 is 2.14 bits per heavy atom. The SMILES string of the molecule is C[C@H](C(=O)NCCN1CCOCC1)[C@@H]1CC[C@]2(C)CC3SC(NC4CCCNC4)[NH2+]C3[C@H](C)[C@@H]2[C@H]1O. The van der Waals surface area contributed by atoms with E-state index >= 15 is 0 Å². The molecular formula is C27H50N5O3S+. The minimum Gasteiger partial charge on any atom is -0.392 e. The number of carbonyl (C=O) groups excluding carboxylic acids is 1. The first-order valence-corrected chi connectivity index (χ1v) is 15.5. The van der Waals surface area contributed by atoms with Crippen LogP contribution in [-0.4, -0.2) is 97.3 Å². The number of aliphatic hydroxyl groups is 1. The molecule has 4 unspecified atom stereocenters. The molecule has 5 rings (SSSR count). The Morgan fingerprint density at radius 3 is 2.89 bits per heavy atom. The first-order chi connectivity index (χ1) is 17.4. The number of nitrogens with zero attached hydrogens (tertiary/aromatic N) is 1. The van der Waals surface area contributed by atoms with Crippen LogP contribution in [0.4, 0.5) is 0 Å². The molecule has 2 aliphatic carbocycles. The van der Waals surface area contributed by atoms with Crippen molar-refractivity contribution in [2.45, 2.75) is 81.8 Å². The van der Waals surface area contributed by atoms with Crippen molar-refractivity contribution in [3.8, 4) is 0 Å². The fourth-order valence-electron chi connectivity index (χ4n) is 8.13. The summed E-state index contributed by atoms with van der Waals surface area (Å²) in [6.07, 6.45) is 5.34. The monoisotopic (exact) mass is 524 g/mol. The highest BCUT2D eigenvalue weighted by molar-refractivity contribution is 8.00. The number of aliphatic hydroxyl groups excluding tert-OH is 1. The maximum atomic E-state index is 13.1. The molecule has 0 aromatic carbocycles. The maximum absolute atomic E-state index is 13.1. The van der Waals surface area contributed by atoms with E-state index in [4.69, 9.17) is 4.74 Å². The molecule has 1 amide bonds. The third-order valence-corrected chi connectivity index (χ3v) is 11.6. The minimum absolute atomic E-state index is 0.0433. The zero-order valence-electron chi connectivity index (χ0n) is 22.6. The van der Waals surface area contributed by atoms with Crippen LogP contribution in [-0.2, 0) is 9.53 Å². The predicted molar refractivity (Wildman–Crippen MR) is 143 cm³/mol. The van der Waals surface area contributed by atoms with E-state index in [0.29, 0.717) is 35.3 Å². The highest BCUT2D eigenvalue weighted by atomic mass is 32.2. The molecule has 206 valence electrons. The summed E-state index contributed by atoms with van der Waals surface area (Å²) in [5, 5.41) is 25.5. The quantitative estimate of drug-likeness (QED) is 0.324. The maximum Gasteiger partial charge on any atom is 0.223 e. The Kier molecular flexibility index (Phi) is 8.87. The third-order valence-electron chi connectivity index (χ3n) is 10.2. The molecule has 5 aliphatic rings. The second-order valence-corrected chi connectivity index (χ2v) is 13.9. The van der Waals surface area contributed by atoms with E-state index in [1.807, 2.05) is 6.92 Å². The van der Waals surface area contributed by atoms with Crippen LogP contribution < -0.4 is 21.3 Å². The summed E-state index contributed by atoms with van der Waals surface area (Å²) in [4.78, 5) is 15.4. The summed E-state index contributed by atoms with van der Waals surface area (Å²) in [5.74, 6) is 0.682. The van der Waals surface area contributed by atoms with Crippen LogP contribution in [0.1, 0.15) is 52.9 Å². The number of nitrogens with one attached hydrogen (secondary N) is 3. The number of fused-ring (bicyclic) bond motifs is 2. The lowest BCUT2D eigenvalue weighted by atomic mass is 9.51. The van der Waals surface area contributed by atoms with Crippen LogP contribution >= 0.6 is 11.8 Å². The minimum atomic E-state index is -0.410. The standard InChI is InChI=1S/C27H49N5O3S/c1-17(25(34)29-9-10-32-11-13-35-14-12-32)20-6-7-27(3)15-21-23(18(2)22(27)24(20)33)31-26(36-21)30-19-5-4-8-28-16-19/h17-24,26,28,30-31,33H,4-16H2,1-3H3,(H,29,34)/p+1/t17-,18+,19?,20-,21?,22+,23?,24-,26?,27+/m0/s1. The fourth-order valence-corrected chi connectivity index (χ4v) is 10.0. The number of nitrogens with two attached hydrogens (primary N) is 1. The largest absolute Gasteiger partial charge is 0.392 e. The van der Waals surface area contributed by atoms with Gasteiger partial charge in [0.15, 0.2) is 5.50 Å². The molecule has 9 heteroatoms. The number of piperidine rings is 1. The summed E-state index contributed by atoms with van der Waals surface area (Å²) in [6.45, 7) is 14.0. The van der Waals surface area contributed by atoms with Gasteiger partial charge < -0.3 is 25.8 Å². The van der Waals surface area contributed by atoms with Crippen molar-refractivity contribution in [3.63, 3.8) is 0 Å². The molecule has 0 radical (unpaired) electrons. The Morgan fingerprint density at radius 1 is 1.33 bits per heavy atom. The zero-order chi connectivity index (χ0) is 25.3. The first kappa shape index (κ1) is 27.2. The van der Waals surface area contributed by atoms with Gasteiger partial charge in [0, 0.05) is 50.6 Å². The predicted octanol–water partition coefficient (Wildman–Crippen LogP) is 0.177. The lowest BCUT2D eigenvalue weighted by molar-refractivity contribution is -0.707. The van der Waals surface area contributed by atoms with Crippen molar-refractivity contribution in [3.05, 3.63) is 0 Å². The summed E-state index contributed by atoms with van der Waals surface area (Å²) < 4.78 is 5.42. The van der Waals surface area contributed by atoms with Crippen LogP contribution in [0.3, 0.4) is 0 Å². The van der Waals surface area contributed by atoms with E-state index in [1.54, 1.807) is 0 Å². The van der Waals surface area contributed by atoms with Crippen molar-refractivity contribution in [1.29, 1.82) is 0 Å². The summed E-state index contributed by atoms with van der Waals surface area (Å²) in [6, 6.07) is 1.10. The van der Waals surface area contributed by atoms with E-state index in [1.165, 1.54) is 19.3 Å². The van der Waals surface area contributed by atoms with Gasteiger partial charge in [0.25, 0.3) is 0 Å². The molecule has 3 saturated heterocycles. The van der Waals surface area contributed by atoms with Crippen molar-refractivity contribution in [1.82, 2.24) is 20.9 Å². The topological polar surface area (TPSA) is 102 Å². The summed E-state index contributed by atoms with van der Waals surface area (Å²) in [5.41, 5.74) is 0.575. The van der Waals surface area contributed by atoms with Gasteiger partial charge in [-0.15, -0.1) is 0 Å². The van der Waals surface area contributed by atoms with Crippen molar-refractivity contribution in [2.75, 3.05) is 52.5 Å². The molecule has 0 spiro atoms. The number of ether oxygens (including phenoxy) is 1. The van der Waals surface area contributed by atoms with Gasteiger partial charge in [-0.05, 0) is 55.9 Å². The molecule has 2 saturated carbocycles. The summed E-state index contributed by atoms with van der Waals surface area (Å²) in [7, 11) is 0. The van der Waals surface area contributed by atoms with Gasteiger partial charge in [0.1, 0.15) is 6.04 Å². The van der Waals surface area contributed by atoms with E-state index in [0.717, 1.165) is 58.8 Å². The smallest absolute Gasteiger partial charge is 0.223 e. The van der Waals surface area contributed by atoms with Gasteiger partial charge in [0.05, 0.1) is 24.6 Å². The van der Waals surface area contributed by atoms with Crippen molar-refractivity contribution in [2.24, 2.45) is 29.1 Å². The number of carbonyl (C=O) groups is 1. The molecule has 8 nitrogen and oxygen atoms in total. The van der Waals surface area contributed by atoms with Gasteiger partial charge in [-0.3, -0.25) is 15.0 Å². The summed E-state index contributed by atoms with van der Waals surface area (Å²) >= 11 is 2.13. The number of hydrogen-bond donors (Lipinski definition) is 5. The average Bonchev–Trinajstić information content (AvgIpc) is 3.26.